The van der Waals surface area contributed by atoms with E-state index in [1.165, 1.54) is 47.1 Å². The number of benzene rings is 4. The third-order valence-electron chi connectivity index (χ3n) is 7.78. The van der Waals surface area contributed by atoms with Gasteiger partial charge in [-0.05, 0) is 84.5 Å². The second-order valence-electron chi connectivity index (χ2n) is 11.0. The molecule has 0 bridgehead atoms. The van der Waals surface area contributed by atoms with Crippen LogP contribution in [0.4, 0.5) is 0 Å². The van der Waals surface area contributed by atoms with Crippen LogP contribution < -0.4 is 0 Å². The van der Waals surface area contributed by atoms with Crippen molar-refractivity contribution in [3.8, 4) is 0 Å². The van der Waals surface area contributed by atoms with Crippen molar-refractivity contribution in [3.63, 3.8) is 0 Å². The fraction of sp³-hybridized carbons (Fsp3) is 0.316. The third kappa shape index (κ3) is 12.3. The van der Waals surface area contributed by atoms with Gasteiger partial charge in [0, 0.05) is 13.1 Å². The van der Waals surface area contributed by atoms with Crippen LogP contribution >= 0.6 is 0 Å². The standard InChI is InChI=1S/C37H43NO2.CH2O2/c1-2-3-10-27-38(28-33-22-24-35(25-23-33)37(39)40)29-36(34-13-8-5-9-14-34)26-21-32-19-17-31(18-20-32)16-15-30-11-6-4-7-12-30;2-1-3/h4-9,11-14,17-20,22-25,36H,2-3,10,15-16,21,26-29H2,1H3,(H,39,40);1H,(H,2,3). The smallest absolute Gasteiger partial charge is 0.335 e. The van der Waals surface area contributed by atoms with Crippen LogP contribution in [0.15, 0.2) is 109 Å². The van der Waals surface area contributed by atoms with Gasteiger partial charge in [0.15, 0.2) is 0 Å². The van der Waals surface area contributed by atoms with Crippen molar-refractivity contribution in [3.05, 3.63) is 143 Å². The summed E-state index contributed by atoms with van der Waals surface area (Å²) in [5.74, 6) is -0.446. The Morgan fingerprint density at radius 2 is 1.23 bits per heavy atom. The average Bonchev–Trinajstić information content (AvgIpc) is 3.04. The van der Waals surface area contributed by atoms with Gasteiger partial charge in [0.1, 0.15) is 0 Å². The molecule has 2 N–H and O–H groups in total. The van der Waals surface area contributed by atoms with Crippen molar-refractivity contribution in [2.45, 2.75) is 64.3 Å². The minimum absolute atomic E-state index is 0.250. The number of carboxylic acids is 1. The Hall–Kier alpha value is -4.22. The molecule has 0 amide bonds. The van der Waals surface area contributed by atoms with Gasteiger partial charge in [-0.3, -0.25) is 9.69 Å². The van der Waals surface area contributed by atoms with E-state index in [-0.39, 0.29) is 6.47 Å². The molecule has 5 heteroatoms. The van der Waals surface area contributed by atoms with Gasteiger partial charge in [0.2, 0.25) is 0 Å². The lowest BCUT2D eigenvalue weighted by molar-refractivity contribution is -0.122. The van der Waals surface area contributed by atoms with E-state index < -0.39 is 5.97 Å². The first kappa shape index (κ1) is 33.3. The van der Waals surface area contributed by atoms with Crippen LogP contribution in [-0.4, -0.2) is 40.6 Å². The van der Waals surface area contributed by atoms with E-state index >= 15 is 0 Å². The largest absolute Gasteiger partial charge is 0.483 e. The topological polar surface area (TPSA) is 77.8 Å². The van der Waals surface area contributed by atoms with Crippen molar-refractivity contribution in [2.24, 2.45) is 0 Å². The number of unbranched alkanes of at least 4 members (excludes halogenated alkanes) is 2. The van der Waals surface area contributed by atoms with Gasteiger partial charge in [0.05, 0.1) is 5.56 Å². The molecule has 1 atom stereocenters. The molecular formula is C38H45NO4. The lowest BCUT2D eigenvalue weighted by Gasteiger charge is -2.28. The summed E-state index contributed by atoms with van der Waals surface area (Å²) in [5, 5.41) is 16.2. The van der Waals surface area contributed by atoms with Crippen LogP contribution in [0.5, 0.6) is 0 Å². The van der Waals surface area contributed by atoms with E-state index in [9.17, 15) is 9.90 Å². The van der Waals surface area contributed by atoms with Crippen molar-refractivity contribution in [1.29, 1.82) is 0 Å². The van der Waals surface area contributed by atoms with Crippen LogP contribution in [-0.2, 0) is 30.6 Å². The molecule has 0 saturated heterocycles. The molecule has 0 saturated carbocycles. The Bertz CT molecular complexity index is 1320. The Kier molecular flexibility index (Phi) is 14.8. The lowest BCUT2D eigenvalue weighted by atomic mass is 9.91. The second-order valence-corrected chi connectivity index (χ2v) is 11.0. The summed E-state index contributed by atoms with van der Waals surface area (Å²) >= 11 is 0. The first-order chi connectivity index (χ1) is 21.0. The number of rotatable bonds is 16. The summed E-state index contributed by atoms with van der Waals surface area (Å²) < 4.78 is 0. The Balaban J connectivity index is 0.00000162. The molecule has 0 fully saturated rings. The lowest BCUT2D eigenvalue weighted by Crippen LogP contribution is -2.30. The van der Waals surface area contributed by atoms with Gasteiger partial charge in [-0.25, -0.2) is 4.79 Å². The van der Waals surface area contributed by atoms with E-state index in [0.717, 1.165) is 45.3 Å². The minimum Gasteiger partial charge on any atom is -0.483 e. The van der Waals surface area contributed by atoms with Crippen molar-refractivity contribution < 1.29 is 19.8 Å². The summed E-state index contributed by atoms with van der Waals surface area (Å²) in [6.45, 7) is 4.87. The monoisotopic (exact) mass is 579 g/mol. The molecule has 0 aliphatic heterocycles. The van der Waals surface area contributed by atoms with Gasteiger partial charge >= 0.3 is 5.97 Å². The highest BCUT2D eigenvalue weighted by Crippen LogP contribution is 2.25. The zero-order chi connectivity index (χ0) is 30.7. The summed E-state index contributed by atoms with van der Waals surface area (Å²) in [4.78, 5) is 22.2. The molecule has 226 valence electrons. The van der Waals surface area contributed by atoms with Crippen molar-refractivity contribution in [1.82, 2.24) is 4.90 Å². The summed E-state index contributed by atoms with van der Waals surface area (Å²) in [7, 11) is 0. The number of aryl methyl sites for hydroxylation is 3. The van der Waals surface area contributed by atoms with E-state index in [0.29, 0.717) is 11.5 Å². The maximum atomic E-state index is 11.3. The maximum absolute atomic E-state index is 11.3. The highest BCUT2D eigenvalue weighted by Gasteiger charge is 2.17. The van der Waals surface area contributed by atoms with Gasteiger partial charge in [-0.2, -0.15) is 0 Å². The van der Waals surface area contributed by atoms with E-state index in [4.69, 9.17) is 9.90 Å². The molecule has 0 aliphatic carbocycles. The first-order valence-corrected chi connectivity index (χ1v) is 15.3. The Labute approximate surface area is 256 Å². The summed E-state index contributed by atoms with van der Waals surface area (Å²) in [6, 6.07) is 38.2. The van der Waals surface area contributed by atoms with E-state index in [2.05, 4.69) is 96.8 Å². The predicted molar refractivity (Wildman–Crippen MR) is 175 cm³/mol. The summed E-state index contributed by atoms with van der Waals surface area (Å²) in [5.41, 5.74) is 7.07. The molecule has 4 aromatic rings. The average molecular weight is 580 g/mol. The van der Waals surface area contributed by atoms with E-state index in [1.54, 1.807) is 12.1 Å². The second kappa shape index (κ2) is 19.1. The third-order valence-corrected chi connectivity index (χ3v) is 7.78. The Morgan fingerprint density at radius 3 is 1.79 bits per heavy atom. The van der Waals surface area contributed by atoms with Crippen LogP contribution in [0.1, 0.15) is 76.7 Å². The molecule has 0 radical (unpaired) electrons. The molecule has 0 heterocycles. The van der Waals surface area contributed by atoms with Gasteiger partial charge in [0.25, 0.3) is 6.47 Å². The molecule has 4 rings (SSSR count). The number of hydrogen-bond acceptors (Lipinski definition) is 3. The van der Waals surface area contributed by atoms with Gasteiger partial charge in [-0.15, -0.1) is 0 Å². The molecule has 43 heavy (non-hydrogen) atoms. The van der Waals surface area contributed by atoms with Crippen molar-refractivity contribution >= 4 is 12.4 Å². The molecular weight excluding hydrogens is 534 g/mol. The SMILES string of the molecule is CCCCCN(Cc1ccc(C(=O)O)cc1)CC(CCc1ccc(CCc2ccccc2)cc1)c1ccccc1.O=CO. The normalized spacial score (nSPS) is 11.4. The quantitative estimate of drug-likeness (QED) is 0.103. The number of carbonyl (C=O) groups is 2. The van der Waals surface area contributed by atoms with Gasteiger partial charge in [-0.1, -0.05) is 117 Å². The van der Waals surface area contributed by atoms with E-state index in [1.807, 2.05) is 12.1 Å². The highest BCUT2D eigenvalue weighted by molar-refractivity contribution is 5.87. The number of aromatic carboxylic acids is 1. The molecule has 0 aromatic heterocycles. The maximum Gasteiger partial charge on any atom is 0.335 e. The summed E-state index contributed by atoms with van der Waals surface area (Å²) in [6.07, 6.45) is 7.88. The zero-order valence-electron chi connectivity index (χ0n) is 25.3. The fourth-order valence-electron chi connectivity index (χ4n) is 5.38. The van der Waals surface area contributed by atoms with Gasteiger partial charge < -0.3 is 10.2 Å². The molecule has 0 spiro atoms. The molecule has 0 aliphatic rings. The number of hydrogen-bond donors (Lipinski definition) is 2. The molecule has 1 unspecified atom stereocenters. The minimum atomic E-state index is -0.875. The predicted octanol–water partition coefficient (Wildman–Crippen LogP) is 8.28. The highest BCUT2D eigenvalue weighted by atomic mass is 16.4. The molecule has 4 aromatic carbocycles. The van der Waals surface area contributed by atoms with Crippen LogP contribution in [0.3, 0.4) is 0 Å². The number of nitrogens with zero attached hydrogens (tertiary/aromatic N) is 1. The van der Waals surface area contributed by atoms with Crippen LogP contribution in [0.2, 0.25) is 0 Å². The molecule has 5 nitrogen and oxygen atoms in total. The Morgan fingerprint density at radius 1 is 0.721 bits per heavy atom. The first-order valence-electron chi connectivity index (χ1n) is 15.3. The van der Waals surface area contributed by atoms with Crippen LogP contribution in [0.25, 0.3) is 0 Å². The van der Waals surface area contributed by atoms with Crippen molar-refractivity contribution in [2.75, 3.05) is 13.1 Å². The zero-order valence-corrected chi connectivity index (χ0v) is 25.3. The number of carboxylic acid groups (broad SMARTS) is 2. The van der Waals surface area contributed by atoms with Crippen LogP contribution in [0, 0.1) is 0 Å². The fourth-order valence-corrected chi connectivity index (χ4v) is 5.38.